The van der Waals surface area contributed by atoms with Gasteiger partial charge in [0.1, 0.15) is 10.6 Å². The second-order valence-corrected chi connectivity index (χ2v) is 6.15. The minimum Gasteiger partial charge on any atom is -0.491 e. The Morgan fingerprint density at radius 3 is 2.74 bits per heavy atom. The maximum Gasteiger partial charge on any atom is 0.283 e. The van der Waals surface area contributed by atoms with E-state index in [1.54, 1.807) is 6.21 Å². The lowest BCUT2D eigenvalue weighted by atomic mass is 10.2. The summed E-state index contributed by atoms with van der Waals surface area (Å²) < 4.78 is 5.57. The standard InChI is InChI=1S/C16H20N4O2S/c1-4-13-14(23-16(17)19-13)15(21)20-18-9-11-5-7-12(8-6-11)22-10(2)3/h5-10H,4H2,1-3H3,(H2,17,19)(H,20,21)/b18-9+. The molecule has 1 aromatic carbocycles. The van der Waals surface area contributed by atoms with E-state index in [0.29, 0.717) is 22.1 Å². The third kappa shape index (κ3) is 4.79. The zero-order chi connectivity index (χ0) is 16.8. The topological polar surface area (TPSA) is 89.6 Å². The van der Waals surface area contributed by atoms with Gasteiger partial charge in [-0.3, -0.25) is 4.79 Å². The predicted octanol–water partition coefficient (Wildman–Crippen LogP) is 2.84. The third-order valence-corrected chi connectivity index (χ3v) is 3.81. The maximum atomic E-state index is 12.1. The molecule has 0 bridgehead atoms. The largest absolute Gasteiger partial charge is 0.491 e. The summed E-state index contributed by atoms with van der Waals surface area (Å²) in [5.41, 5.74) is 9.69. The van der Waals surface area contributed by atoms with Gasteiger partial charge in [-0.2, -0.15) is 5.10 Å². The average molecular weight is 332 g/mol. The van der Waals surface area contributed by atoms with Crippen LogP contribution in [0.5, 0.6) is 5.75 Å². The first kappa shape index (κ1) is 17.0. The van der Waals surface area contributed by atoms with Crippen molar-refractivity contribution in [3.8, 4) is 5.75 Å². The highest BCUT2D eigenvalue weighted by molar-refractivity contribution is 7.17. The molecular weight excluding hydrogens is 312 g/mol. The van der Waals surface area contributed by atoms with Gasteiger partial charge in [-0.1, -0.05) is 18.3 Å². The first-order valence-electron chi connectivity index (χ1n) is 7.35. The molecule has 0 saturated carbocycles. The molecule has 0 fully saturated rings. The average Bonchev–Trinajstić information content (AvgIpc) is 2.89. The summed E-state index contributed by atoms with van der Waals surface area (Å²) in [6, 6.07) is 7.47. The summed E-state index contributed by atoms with van der Waals surface area (Å²) in [6.07, 6.45) is 2.36. The van der Waals surface area contributed by atoms with Gasteiger partial charge in [0.2, 0.25) is 0 Å². The smallest absolute Gasteiger partial charge is 0.283 e. The molecule has 0 saturated heterocycles. The van der Waals surface area contributed by atoms with E-state index in [-0.39, 0.29) is 12.0 Å². The maximum absolute atomic E-state index is 12.1. The summed E-state index contributed by atoms with van der Waals surface area (Å²) in [7, 11) is 0. The van der Waals surface area contributed by atoms with Crippen molar-refractivity contribution in [3.63, 3.8) is 0 Å². The number of hydrazone groups is 1. The fourth-order valence-corrected chi connectivity index (χ4v) is 2.72. The van der Waals surface area contributed by atoms with Gasteiger partial charge in [0, 0.05) is 0 Å². The Bertz CT molecular complexity index is 693. The van der Waals surface area contributed by atoms with Crippen LogP contribution in [0, 0.1) is 0 Å². The number of hydrogen-bond acceptors (Lipinski definition) is 6. The van der Waals surface area contributed by atoms with Gasteiger partial charge in [-0.05, 0) is 50.1 Å². The van der Waals surface area contributed by atoms with Crippen molar-refractivity contribution >= 4 is 28.6 Å². The summed E-state index contributed by atoms with van der Waals surface area (Å²) in [6.45, 7) is 5.87. The molecule has 2 rings (SSSR count). The van der Waals surface area contributed by atoms with Crippen LogP contribution in [0.4, 0.5) is 5.13 Å². The van der Waals surface area contributed by atoms with Gasteiger partial charge in [0.25, 0.3) is 5.91 Å². The molecule has 1 amide bonds. The number of anilines is 1. The molecule has 0 aliphatic heterocycles. The van der Waals surface area contributed by atoms with Crippen LogP contribution in [-0.2, 0) is 6.42 Å². The van der Waals surface area contributed by atoms with Crippen molar-refractivity contribution in [2.24, 2.45) is 5.10 Å². The molecule has 2 aromatic rings. The summed E-state index contributed by atoms with van der Waals surface area (Å²) in [5, 5.41) is 4.35. The van der Waals surface area contributed by atoms with Crippen LogP contribution in [0.2, 0.25) is 0 Å². The van der Waals surface area contributed by atoms with Gasteiger partial charge in [0.15, 0.2) is 5.13 Å². The second-order valence-electron chi connectivity index (χ2n) is 5.12. The lowest BCUT2D eigenvalue weighted by Crippen LogP contribution is -2.17. The lowest BCUT2D eigenvalue weighted by Gasteiger charge is -2.09. The van der Waals surface area contributed by atoms with Crippen molar-refractivity contribution in [1.29, 1.82) is 0 Å². The highest BCUT2D eigenvalue weighted by atomic mass is 32.1. The van der Waals surface area contributed by atoms with E-state index in [1.807, 2.05) is 45.0 Å². The summed E-state index contributed by atoms with van der Waals surface area (Å²) >= 11 is 1.17. The summed E-state index contributed by atoms with van der Waals surface area (Å²) in [4.78, 5) is 16.7. The van der Waals surface area contributed by atoms with E-state index in [4.69, 9.17) is 10.5 Å². The number of aromatic nitrogens is 1. The highest BCUT2D eigenvalue weighted by Gasteiger charge is 2.15. The van der Waals surface area contributed by atoms with Crippen molar-refractivity contribution in [2.75, 3.05) is 5.73 Å². The number of nitrogens with two attached hydrogens (primary N) is 1. The van der Waals surface area contributed by atoms with Crippen molar-refractivity contribution < 1.29 is 9.53 Å². The number of nitrogen functional groups attached to an aromatic ring is 1. The van der Waals surface area contributed by atoms with Gasteiger partial charge in [-0.15, -0.1) is 0 Å². The zero-order valence-electron chi connectivity index (χ0n) is 13.4. The molecular formula is C16H20N4O2S. The predicted molar refractivity (Wildman–Crippen MR) is 93.2 cm³/mol. The first-order valence-corrected chi connectivity index (χ1v) is 8.16. The van der Waals surface area contributed by atoms with Crippen LogP contribution in [0.1, 0.15) is 41.7 Å². The number of thiazole rings is 1. The number of amides is 1. The molecule has 1 heterocycles. The molecule has 1 aromatic heterocycles. The molecule has 0 aliphatic rings. The minimum atomic E-state index is -0.299. The number of nitrogens with zero attached hydrogens (tertiary/aromatic N) is 2. The molecule has 0 unspecified atom stereocenters. The van der Waals surface area contributed by atoms with Crippen molar-refractivity contribution in [3.05, 3.63) is 40.4 Å². The zero-order valence-corrected chi connectivity index (χ0v) is 14.2. The van der Waals surface area contributed by atoms with Gasteiger partial charge >= 0.3 is 0 Å². The van der Waals surface area contributed by atoms with Gasteiger partial charge < -0.3 is 10.5 Å². The minimum absolute atomic E-state index is 0.133. The van der Waals surface area contributed by atoms with E-state index in [1.165, 1.54) is 11.3 Å². The Hall–Kier alpha value is -2.41. The molecule has 122 valence electrons. The monoisotopic (exact) mass is 332 g/mol. The molecule has 0 atom stereocenters. The number of rotatable bonds is 6. The number of benzene rings is 1. The number of ether oxygens (including phenoxy) is 1. The van der Waals surface area contributed by atoms with Crippen molar-refractivity contribution in [2.45, 2.75) is 33.3 Å². The Morgan fingerprint density at radius 1 is 1.43 bits per heavy atom. The van der Waals surface area contributed by atoms with Crippen LogP contribution < -0.4 is 15.9 Å². The molecule has 23 heavy (non-hydrogen) atoms. The third-order valence-electron chi connectivity index (χ3n) is 2.89. The second kappa shape index (κ2) is 7.73. The molecule has 0 spiro atoms. The molecule has 7 heteroatoms. The van der Waals surface area contributed by atoms with Crippen molar-refractivity contribution in [1.82, 2.24) is 10.4 Å². The number of nitrogens with one attached hydrogen (secondary N) is 1. The van der Waals surface area contributed by atoms with Crippen LogP contribution in [-0.4, -0.2) is 23.2 Å². The highest BCUT2D eigenvalue weighted by Crippen LogP contribution is 2.20. The Balaban J connectivity index is 1.96. The SMILES string of the molecule is CCc1nc(N)sc1C(=O)N/N=C/c1ccc(OC(C)C)cc1. The number of hydrogen-bond donors (Lipinski definition) is 2. The lowest BCUT2D eigenvalue weighted by molar-refractivity contribution is 0.0958. The van der Waals surface area contributed by atoms with E-state index in [9.17, 15) is 4.79 Å². The van der Waals surface area contributed by atoms with E-state index < -0.39 is 0 Å². The normalized spacial score (nSPS) is 11.1. The van der Waals surface area contributed by atoms with E-state index in [0.717, 1.165) is 11.3 Å². The number of carbonyl (C=O) groups is 1. The van der Waals surface area contributed by atoms with Gasteiger partial charge in [0.05, 0.1) is 18.0 Å². The molecule has 0 aliphatic carbocycles. The van der Waals surface area contributed by atoms with Crippen LogP contribution >= 0.6 is 11.3 Å². The van der Waals surface area contributed by atoms with Crippen LogP contribution in [0.3, 0.4) is 0 Å². The quantitative estimate of drug-likeness (QED) is 0.629. The van der Waals surface area contributed by atoms with Crippen LogP contribution in [0.15, 0.2) is 29.4 Å². The first-order chi connectivity index (χ1) is 11.0. The summed E-state index contributed by atoms with van der Waals surface area (Å²) in [5.74, 6) is 0.501. The fraction of sp³-hybridized carbons (Fsp3) is 0.312. The fourth-order valence-electron chi connectivity index (χ4n) is 1.91. The van der Waals surface area contributed by atoms with Gasteiger partial charge in [-0.25, -0.2) is 10.4 Å². The Kier molecular flexibility index (Phi) is 5.70. The Labute approximate surface area is 139 Å². The number of aryl methyl sites for hydroxylation is 1. The van der Waals surface area contributed by atoms with E-state index >= 15 is 0 Å². The molecule has 6 nitrogen and oxygen atoms in total. The number of carbonyl (C=O) groups excluding carboxylic acids is 1. The van der Waals surface area contributed by atoms with Crippen LogP contribution in [0.25, 0.3) is 0 Å². The Morgan fingerprint density at radius 2 is 2.13 bits per heavy atom. The molecule has 3 N–H and O–H groups in total. The molecule has 0 radical (unpaired) electrons. The van der Waals surface area contributed by atoms with E-state index in [2.05, 4.69) is 15.5 Å².